The molecule has 0 bridgehead atoms. The van der Waals surface area contributed by atoms with Gasteiger partial charge in [-0.25, -0.2) is 0 Å². The van der Waals surface area contributed by atoms with Gasteiger partial charge in [0.2, 0.25) is 0 Å². The van der Waals surface area contributed by atoms with E-state index in [0.717, 1.165) is 5.56 Å². The average Bonchev–Trinajstić information content (AvgIpc) is 2.92. The van der Waals surface area contributed by atoms with Gasteiger partial charge in [0.25, 0.3) is 11.7 Å². The third-order valence-electron chi connectivity index (χ3n) is 4.74. The number of ether oxygens (including phenoxy) is 1. The van der Waals surface area contributed by atoms with Crippen LogP contribution in [0, 0.1) is 6.92 Å². The lowest BCUT2D eigenvalue weighted by molar-refractivity contribution is -0.140. The number of hydrogen-bond donors (Lipinski definition) is 2. The van der Waals surface area contributed by atoms with Gasteiger partial charge in [-0.15, -0.1) is 0 Å². The molecule has 6 heteroatoms. The molecule has 1 saturated heterocycles. The van der Waals surface area contributed by atoms with Crippen molar-refractivity contribution in [3.8, 4) is 5.75 Å². The first-order chi connectivity index (χ1) is 13.3. The van der Waals surface area contributed by atoms with Gasteiger partial charge in [-0.3, -0.25) is 9.59 Å². The van der Waals surface area contributed by atoms with Crippen LogP contribution in [0.4, 0.5) is 0 Å². The highest BCUT2D eigenvalue weighted by atomic mass is 16.5. The molecule has 0 radical (unpaired) electrons. The molecule has 0 aromatic heterocycles. The maximum absolute atomic E-state index is 12.8. The third kappa shape index (κ3) is 3.64. The lowest BCUT2D eigenvalue weighted by Crippen LogP contribution is -2.35. The van der Waals surface area contributed by atoms with E-state index in [1.165, 1.54) is 12.0 Å². The third-order valence-corrected chi connectivity index (χ3v) is 4.74. The summed E-state index contributed by atoms with van der Waals surface area (Å²) in [6, 6.07) is 13.2. The summed E-state index contributed by atoms with van der Waals surface area (Å²) in [7, 11) is 1.53. The highest BCUT2D eigenvalue weighted by Crippen LogP contribution is 2.40. The van der Waals surface area contributed by atoms with E-state index in [1.54, 1.807) is 43.3 Å². The van der Waals surface area contributed by atoms with Crippen molar-refractivity contribution in [1.29, 1.82) is 0 Å². The molecule has 28 heavy (non-hydrogen) atoms. The van der Waals surface area contributed by atoms with Gasteiger partial charge in [-0.05, 0) is 31.5 Å². The van der Waals surface area contributed by atoms with E-state index in [2.05, 4.69) is 0 Å². The molecule has 6 nitrogen and oxygen atoms in total. The minimum absolute atomic E-state index is 0.00255. The molecule has 2 N–H and O–H groups in total. The first kappa shape index (κ1) is 19.6. The van der Waals surface area contributed by atoms with E-state index in [1.807, 2.05) is 19.1 Å². The standard InChI is InChI=1S/C22H23NO5/c1-13-7-9-15(10-8-13)20(25)18-19(16-5-4-6-17(11-16)28-3)23(12-14(2)24)22(27)21(18)26/h4-11,14,19,24-25H,12H2,1-3H3/b20-18+. The van der Waals surface area contributed by atoms with Crippen molar-refractivity contribution in [3.05, 3.63) is 70.8 Å². The van der Waals surface area contributed by atoms with Crippen molar-refractivity contribution >= 4 is 17.4 Å². The SMILES string of the molecule is COc1cccc(C2/C(=C(\O)c3ccc(C)cc3)C(=O)C(=O)N2CC(C)O)c1. The molecule has 0 spiro atoms. The predicted molar refractivity (Wildman–Crippen MR) is 105 cm³/mol. The molecule has 2 aromatic carbocycles. The molecule has 146 valence electrons. The molecule has 2 aromatic rings. The Labute approximate surface area is 163 Å². The fourth-order valence-electron chi connectivity index (χ4n) is 3.38. The minimum Gasteiger partial charge on any atom is -0.507 e. The summed E-state index contributed by atoms with van der Waals surface area (Å²) in [4.78, 5) is 26.8. The minimum atomic E-state index is -0.828. The largest absolute Gasteiger partial charge is 0.507 e. The molecule has 1 aliphatic heterocycles. The Kier molecular flexibility index (Phi) is 5.51. The number of hydrogen-bond acceptors (Lipinski definition) is 5. The van der Waals surface area contributed by atoms with E-state index in [0.29, 0.717) is 16.9 Å². The van der Waals surface area contributed by atoms with Crippen molar-refractivity contribution in [2.24, 2.45) is 0 Å². The van der Waals surface area contributed by atoms with Gasteiger partial charge in [0, 0.05) is 12.1 Å². The number of benzene rings is 2. The molecule has 1 aliphatic rings. The van der Waals surface area contributed by atoms with Gasteiger partial charge in [0.05, 0.1) is 24.8 Å². The molecular weight excluding hydrogens is 358 g/mol. The summed E-state index contributed by atoms with van der Waals surface area (Å²) in [6.07, 6.45) is -0.828. The van der Waals surface area contributed by atoms with E-state index in [4.69, 9.17) is 4.74 Å². The van der Waals surface area contributed by atoms with Crippen LogP contribution in [0.2, 0.25) is 0 Å². The van der Waals surface area contributed by atoms with Gasteiger partial charge >= 0.3 is 0 Å². The summed E-state index contributed by atoms with van der Waals surface area (Å²) in [5.41, 5.74) is 2.08. The van der Waals surface area contributed by atoms with E-state index in [-0.39, 0.29) is 17.9 Å². The number of likely N-dealkylation sites (tertiary alicyclic amines) is 1. The number of aryl methyl sites for hydroxylation is 1. The van der Waals surface area contributed by atoms with Crippen LogP contribution in [-0.4, -0.2) is 46.6 Å². The Hall–Kier alpha value is -3.12. The van der Waals surface area contributed by atoms with Crippen molar-refractivity contribution in [3.63, 3.8) is 0 Å². The number of Topliss-reactive ketones (excluding diaryl/α,β-unsaturated/α-hetero) is 1. The second kappa shape index (κ2) is 7.86. The van der Waals surface area contributed by atoms with E-state index < -0.39 is 23.8 Å². The first-order valence-electron chi connectivity index (χ1n) is 9.01. The number of aliphatic hydroxyl groups is 2. The van der Waals surface area contributed by atoms with Crippen molar-refractivity contribution in [2.45, 2.75) is 26.0 Å². The van der Waals surface area contributed by atoms with Crippen LogP contribution in [0.1, 0.15) is 29.7 Å². The maximum atomic E-state index is 12.8. The van der Waals surface area contributed by atoms with Gasteiger partial charge in [0.1, 0.15) is 11.5 Å². The highest BCUT2D eigenvalue weighted by Gasteiger charge is 2.46. The molecule has 1 amide bonds. The van der Waals surface area contributed by atoms with Gasteiger partial charge in [0.15, 0.2) is 0 Å². The Morgan fingerprint density at radius 2 is 1.86 bits per heavy atom. The normalized spacial score (nSPS) is 19.7. The Bertz CT molecular complexity index is 930. The zero-order valence-electron chi connectivity index (χ0n) is 16.0. The molecular formula is C22H23NO5. The molecule has 2 atom stereocenters. The fraction of sp³-hybridized carbons (Fsp3) is 0.273. The molecule has 1 fully saturated rings. The van der Waals surface area contributed by atoms with Gasteiger partial charge in [-0.2, -0.15) is 0 Å². The number of aliphatic hydroxyl groups excluding tert-OH is 2. The summed E-state index contributed by atoms with van der Waals surface area (Å²) in [5, 5.41) is 20.7. The molecule has 0 aliphatic carbocycles. The number of methoxy groups -OCH3 is 1. The molecule has 2 unspecified atom stereocenters. The van der Waals surface area contributed by atoms with Crippen LogP contribution < -0.4 is 4.74 Å². The number of carbonyl (C=O) groups is 2. The summed E-state index contributed by atoms with van der Waals surface area (Å²) >= 11 is 0. The quantitative estimate of drug-likeness (QED) is 0.472. The smallest absolute Gasteiger partial charge is 0.295 e. The number of amides is 1. The predicted octanol–water partition coefficient (Wildman–Crippen LogP) is 2.81. The molecule has 3 rings (SSSR count). The van der Waals surface area contributed by atoms with Crippen molar-refractivity contribution in [1.82, 2.24) is 4.90 Å². The number of ketones is 1. The zero-order valence-corrected chi connectivity index (χ0v) is 16.0. The van der Waals surface area contributed by atoms with E-state index in [9.17, 15) is 19.8 Å². The summed E-state index contributed by atoms with van der Waals surface area (Å²) in [6.45, 7) is 3.43. The summed E-state index contributed by atoms with van der Waals surface area (Å²) < 4.78 is 5.26. The number of carbonyl (C=O) groups excluding carboxylic acids is 2. The number of rotatable bonds is 5. The Morgan fingerprint density at radius 1 is 1.18 bits per heavy atom. The van der Waals surface area contributed by atoms with Crippen LogP contribution in [0.25, 0.3) is 5.76 Å². The van der Waals surface area contributed by atoms with Crippen LogP contribution in [0.3, 0.4) is 0 Å². The fourth-order valence-corrected chi connectivity index (χ4v) is 3.38. The lowest BCUT2D eigenvalue weighted by Gasteiger charge is -2.26. The number of β-amino-alcohol motifs (C(OH)–C–C–N with tert-alkyl or cyclic N) is 1. The van der Waals surface area contributed by atoms with Gasteiger partial charge < -0.3 is 19.8 Å². The van der Waals surface area contributed by atoms with Crippen LogP contribution in [0.15, 0.2) is 54.1 Å². The first-order valence-corrected chi connectivity index (χ1v) is 9.01. The van der Waals surface area contributed by atoms with Gasteiger partial charge in [-0.1, -0.05) is 42.0 Å². The van der Waals surface area contributed by atoms with E-state index >= 15 is 0 Å². The Balaban J connectivity index is 2.19. The average molecular weight is 381 g/mol. The monoisotopic (exact) mass is 381 g/mol. The van der Waals surface area contributed by atoms with Crippen LogP contribution >= 0.6 is 0 Å². The second-order valence-corrected chi connectivity index (χ2v) is 6.94. The summed E-state index contributed by atoms with van der Waals surface area (Å²) in [5.74, 6) is -1.19. The van der Waals surface area contributed by atoms with Crippen molar-refractivity contribution < 1.29 is 24.5 Å². The van der Waals surface area contributed by atoms with Crippen LogP contribution in [-0.2, 0) is 9.59 Å². The van der Waals surface area contributed by atoms with Crippen molar-refractivity contribution in [2.75, 3.05) is 13.7 Å². The molecule has 0 saturated carbocycles. The Morgan fingerprint density at radius 3 is 2.46 bits per heavy atom. The lowest BCUT2D eigenvalue weighted by atomic mass is 9.95. The zero-order chi connectivity index (χ0) is 20.4. The maximum Gasteiger partial charge on any atom is 0.295 e. The highest BCUT2D eigenvalue weighted by molar-refractivity contribution is 6.46. The second-order valence-electron chi connectivity index (χ2n) is 6.94. The topological polar surface area (TPSA) is 87.1 Å². The van der Waals surface area contributed by atoms with Crippen LogP contribution in [0.5, 0.6) is 5.75 Å². The number of nitrogens with zero attached hydrogens (tertiary/aromatic N) is 1. The molecule has 1 heterocycles.